The van der Waals surface area contributed by atoms with Gasteiger partial charge in [-0.05, 0) is 31.4 Å². The first-order chi connectivity index (χ1) is 10.7. The van der Waals surface area contributed by atoms with Gasteiger partial charge in [0.1, 0.15) is 5.02 Å². The van der Waals surface area contributed by atoms with Gasteiger partial charge >= 0.3 is 11.9 Å². The van der Waals surface area contributed by atoms with E-state index in [0.717, 1.165) is 6.07 Å². The van der Waals surface area contributed by atoms with E-state index in [9.17, 15) is 24.8 Å². The van der Waals surface area contributed by atoms with Crippen molar-refractivity contribution in [2.24, 2.45) is 5.92 Å². The van der Waals surface area contributed by atoms with Crippen molar-refractivity contribution in [1.29, 1.82) is 0 Å². The monoisotopic (exact) mass is 363 g/mol. The van der Waals surface area contributed by atoms with Gasteiger partial charge < -0.3 is 9.84 Å². The summed E-state index contributed by atoms with van der Waals surface area (Å²) in [5.41, 5.74) is -0.176. The van der Waals surface area contributed by atoms with E-state index >= 15 is 0 Å². The number of carbonyl (C=O) groups excluding carboxylic acids is 1. The molecule has 1 aromatic carbocycles. The van der Waals surface area contributed by atoms with E-state index < -0.39 is 34.6 Å². The molecule has 0 radical (unpaired) electrons. The molecule has 9 heteroatoms. The van der Waals surface area contributed by atoms with Gasteiger partial charge in [0.15, 0.2) is 5.92 Å². The van der Waals surface area contributed by atoms with Crippen molar-refractivity contribution in [1.82, 2.24) is 0 Å². The quantitative estimate of drug-likeness (QED) is 0.344. The minimum Gasteiger partial charge on any atom is -0.481 e. The van der Waals surface area contributed by atoms with Gasteiger partial charge in [-0.1, -0.05) is 30.1 Å². The van der Waals surface area contributed by atoms with Crippen LogP contribution in [0.5, 0.6) is 0 Å². The van der Waals surface area contributed by atoms with Crippen molar-refractivity contribution in [2.45, 2.75) is 32.8 Å². The summed E-state index contributed by atoms with van der Waals surface area (Å²) in [6.45, 7) is 3.44. The number of nitro groups is 1. The highest BCUT2D eigenvalue weighted by Gasteiger charge is 2.30. The Labute approximate surface area is 142 Å². The van der Waals surface area contributed by atoms with E-state index in [1.54, 1.807) is 13.8 Å². The van der Waals surface area contributed by atoms with E-state index in [1.807, 2.05) is 0 Å². The molecule has 7 nitrogen and oxygen atoms in total. The normalized spacial score (nSPS) is 13.2. The highest BCUT2D eigenvalue weighted by atomic mass is 35.5. The molecular weight excluding hydrogens is 349 g/mol. The molecule has 0 saturated carbocycles. The van der Waals surface area contributed by atoms with Gasteiger partial charge in [0.2, 0.25) is 0 Å². The molecule has 0 amide bonds. The molecule has 1 N–H and O–H groups in total. The lowest BCUT2D eigenvalue weighted by atomic mass is 9.99. The van der Waals surface area contributed by atoms with Crippen LogP contribution in [0.3, 0.4) is 0 Å². The van der Waals surface area contributed by atoms with Crippen LogP contribution < -0.4 is 0 Å². The predicted molar refractivity (Wildman–Crippen MR) is 83.8 cm³/mol. The zero-order valence-electron chi connectivity index (χ0n) is 12.4. The lowest BCUT2D eigenvalue weighted by Gasteiger charge is -2.16. The first kappa shape index (κ1) is 19.2. The van der Waals surface area contributed by atoms with Crippen molar-refractivity contribution in [2.75, 3.05) is 0 Å². The average molecular weight is 364 g/mol. The van der Waals surface area contributed by atoms with Crippen LogP contribution in [0.1, 0.15) is 25.8 Å². The maximum atomic E-state index is 11.9. The third-order valence-electron chi connectivity index (χ3n) is 3.21. The molecule has 0 aliphatic rings. The van der Waals surface area contributed by atoms with E-state index in [1.165, 1.54) is 6.07 Å². The minimum atomic E-state index is -1.47. The zero-order valence-corrected chi connectivity index (χ0v) is 13.9. The van der Waals surface area contributed by atoms with Crippen LogP contribution in [0.2, 0.25) is 10.0 Å². The summed E-state index contributed by atoms with van der Waals surface area (Å²) >= 11 is 11.7. The molecule has 0 bridgehead atoms. The Morgan fingerprint density at radius 1 is 1.35 bits per heavy atom. The third-order valence-corrected chi connectivity index (χ3v) is 3.87. The molecule has 0 saturated heterocycles. The fraction of sp³-hybridized carbons (Fsp3) is 0.429. The van der Waals surface area contributed by atoms with Gasteiger partial charge in [0.25, 0.3) is 5.69 Å². The Morgan fingerprint density at radius 3 is 2.43 bits per heavy atom. The lowest BCUT2D eigenvalue weighted by Crippen LogP contribution is -2.30. The van der Waals surface area contributed by atoms with Crippen LogP contribution >= 0.6 is 23.2 Å². The predicted octanol–water partition coefficient (Wildman–Crippen LogP) is 3.49. The number of carboxylic acid groups (broad SMARTS) is 1. The maximum absolute atomic E-state index is 11.9. The maximum Gasteiger partial charge on any atom is 0.320 e. The van der Waals surface area contributed by atoms with Crippen LogP contribution in [-0.2, 0) is 20.7 Å². The van der Waals surface area contributed by atoms with Gasteiger partial charge in [-0.25, -0.2) is 0 Å². The van der Waals surface area contributed by atoms with Gasteiger partial charge in [-0.3, -0.25) is 19.7 Å². The summed E-state index contributed by atoms with van der Waals surface area (Å²) in [5.74, 6) is -3.74. The molecule has 126 valence electrons. The number of halogens is 2. The molecule has 0 aliphatic carbocycles. The standard InChI is InChI=1S/C14H15Cl2NO6/c1-3-7(2)23-14(20)9(13(18)19)4-8-5-11(16)12(17(21)22)6-10(8)15/h5-7,9H,3-4H2,1-2H3,(H,18,19). The highest BCUT2D eigenvalue weighted by molar-refractivity contribution is 6.35. The number of nitrogens with zero attached hydrogens (tertiary/aromatic N) is 1. The first-order valence-electron chi connectivity index (χ1n) is 6.72. The summed E-state index contributed by atoms with van der Waals surface area (Å²) in [6.07, 6.45) is -0.149. The second-order valence-corrected chi connectivity index (χ2v) is 5.72. The number of rotatable bonds is 7. The topological polar surface area (TPSA) is 107 Å². The van der Waals surface area contributed by atoms with Crippen molar-refractivity contribution >= 4 is 40.8 Å². The first-order valence-corrected chi connectivity index (χ1v) is 7.48. The number of aliphatic carboxylic acids is 1. The van der Waals surface area contributed by atoms with Gasteiger partial charge in [0, 0.05) is 6.07 Å². The average Bonchev–Trinajstić information content (AvgIpc) is 2.46. The van der Waals surface area contributed by atoms with Crippen molar-refractivity contribution in [3.05, 3.63) is 37.9 Å². The number of ether oxygens (including phenoxy) is 1. The Bertz CT molecular complexity index is 634. The minimum absolute atomic E-state index is 0.0383. The van der Waals surface area contributed by atoms with Crippen LogP contribution in [0.4, 0.5) is 5.69 Å². The molecule has 2 atom stereocenters. The summed E-state index contributed by atoms with van der Waals surface area (Å²) in [7, 11) is 0. The van der Waals surface area contributed by atoms with Crippen molar-refractivity contribution < 1.29 is 24.4 Å². The van der Waals surface area contributed by atoms with E-state index in [4.69, 9.17) is 27.9 Å². The van der Waals surface area contributed by atoms with Crippen molar-refractivity contribution in [3.8, 4) is 0 Å². The molecule has 2 unspecified atom stereocenters. The fourth-order valence-corrected chi connectivity index (χ4v) is 2.22. The van der Waals surface area contributed by atoms with E-state index in [2.05, 4.69) is 0 Å². The Hall–Kier alpha value is -1.86. The van der Waals surface area contributed by atoms with Crippen LogP contribution in [0.25, 0.3) is 0 Å². The molecule has 0 heterocycles. The summed E-state index contributed by atoms with van der Waals surface area (Å²) in [4.78, 5) is 33.3. The molecule has 0 fully saturated rings. The van der Waals surface area contributed by atoms with E-state index in [0.29, 0.717) is 6.42 Å². The Balaban J connectivity index is 3.06. The molecule has 1 aromatic rings. The highest BCUT2D eigenvalue weighted by Crippen LogP contribution is 2.32. The number of hydrogen-bond acceptors (Lipinski definition) is 5. The summed E-state index contributed by atoms with van der Waals surface area (Å²) < 4.78 is 5.02. The number of esters is 1. The van der Waals surface area contributed by atoms with Crippen molar-refractivity contribution in [3.63, 3.8) is 0 Å². The van der Waals surface area contributed by atoms with Crippen LogP contribution in [0, 0.1) is 16.0 Å². The Morgan fingerprint density at radius 2 is 1.96 bits per heavy atom. The number of carbonyl (C=O) groups is 2. The van der Waals surface area contributed by atoms with Gasteiger partial charge in [0.05, 0.1) is 16.0 Å². The number of nitro benzene ring substituents is 1. The molecule has 23 heavy (non-hydrogen) atoms. The molecule has 1 rings (SSSR count). The third kappa shape index (κ3) is 5.07. The number of carboxylic acids is 1. The molecule has 0 spiro atoms. The fourth-order valence-electron chi connectivity index (χ4n) is 1.73. The second-order valence-electron chi connectivity index (χ2n) is 4.90. The largest absolute Gasteiger partial charge is 0.481 e. The van der Waals surface area contributed by atoms with Crippen LogP contribution in [-0.4, -0.2) is 28.1 Å². The summed E-state index contributed by atoms with van der Waals surface area (Å²) in [5, 5.41) is 19.8. The zero-order chi connectivity index (χ0) is 17.7. The van der Waals surface area contributed by atoms with E-state index in [-0.39, 0.29) is 22.0 Å². The molecular formula is C14H15Cl2NO6. The smallest absolute Gasteiger partial charge is 0.320 e. The van der Waals surface area contributed by atoms with Crippen LogP contribution in [0.15, 0.2) is 12.1 Å². The van der Waals surface area contributed by atoms with Gasteiger partial charge in [-0.15, -0.1) is 0 Å². The SMILES string of the molecule is CCC(C)OC(=O)C(Cc1cc(Cl)c([N+](=O)[O-])cc1Cl)C(=O)O. The number of benzene rings is 1. The second kappa shape index (κ2) is 8.12. The number of hydrogen-bond donors (Lipinski definition) is 1. The lowest BCUT2D eigenvalue weighted by molar-refractivity contribution is -0.384. The Kier molecular flexibility index (Phi) is 6.78. The van der Waals surface area contributed by atoms with Gasteiger partial charge in [-0.2, -0.15) is 0 Å². The summed E-state index contributed by atoms with van der Waals surface area (Å²) in [6, 6.07) is 2.21. The molecule has 0 aliphatic heterocycles. The molecule has 0 aromatic heterocycles.